The number of rotatable bonds is 8. The molecule has 0 bridgehead atoms. The Morgan fingerprint density at radius 2 is 1.69 bits per heavy atom. The van der Waals surface area contributed by atoms with Crippen molar-refractivity contribution in [2.45, 2.75) is 25.9 Å². The lowest BCUT2D eigenvalue weighted by Gasteiger charge is -2.13. The summed E-state index contributed by atoms with van der Waals surface area (Å²) in [5, 5.41) is 0.541. The van der Waals surface area contributed by atoms with Gasteiger partial charge in [0, 0.05) is 11.1 Å². The SMILES string of the molecule is CCc1ccc(Cc2cc(Br)c(OCCOCC(F)(F)F)cc2Cl)cc1. The molecule has 2 aromatic carbocycles. The second-order valence-corrected chi connectivity index (χ2v) is 7.00. The van der Waals surface area contributed by atoms with Crippen LogP contribution < -0.4 is 4.74 Å². The molecular formula is C19H19BrClF3O2. The molecule has 0 heterocycles. The fourth-order valence-corrected chi connectivity index (χ4v) is 3.05. The molecule has 0 amide bonds. The highest BCUT2D eigenvalue weighted by Gasteiger charge is 2.27. The van der Waals surface area contributed by atoms with Crippen LogP contribution in [-0.2, 0) is 17.6 Å². The van der Waals surface area contributed by atoms with Crippen LogP contribution in [0.15, 0.2) is 40.9 Å². The summed E-state index contributed by atoms with van der Waals surface area (Å²) in [5.41, 5.74) is 3.35. The van der Waals surface area contributed by atoms with Gasteiger partial charge in [-0.05, 0) is 51.5 Å². The molecule has 26 heavy (non-hydrogen) atoms. The Bertz CT molecular complexity index is 718. The molecule has 0 aliphatic rings. The minimum absolute atomic E-state index is 0.00281. The minimum Gasteiger partial charge on any atom is -0.490 e. The zero-order valence-electron chi connectivity index (χ0n) is 14.2. The Kier molecular flexibility index (Phi) is 7.80. The molecule has 0 unspecified atom stereocenters. The summed E-state index contributed by atoms with van der Waals surface area (Å²) in [6.45, 7) is 0.669. The number of benzene rings is 2. The van der Waals surface area contributed by atoms with E-state index in [1.54, 1.807) is 6.07 Å². The van der Waals surface area contributed by atoms with Crippen LogP contribution in [0, 0.1) is 0 Å². The third-order valence-corrected chi connectivity index (χ3v) is 4.65. The van der Waals surface area contributed by atoms with Gasteiger partial charge in [-0.2, -0.15) is 13.2 Å². The topological polar surface area (TPSA) is 18.5 Å². The van der Waals surface area contributed by atoms with Crippen molar-refractivity contribution >= 4 is 27.5 Å². The van der Waals surface area contributed by atoms with E-state index in [0.29, 0.717) is 21.7 Å². The van der Waals surface area contributed by atoms with Gasteiger partial charge in [0.15, 0.2) is 0 Å². The van der Waals surface area contributed by atoms with E-state index in [4.69, 9.17) is 16.3 Å². The molecule has 142 valence electrons. The second-order valence-electron chi connectivity index (χ2n) is 5.74. The average Bonchev–Trinajstić information content (AvgIpc) is 2.58. The summed E-state index contributed by atoms with van der Waals surface area (Å²) in [4.78, 5) is 0. The van der Waals surface area contributed by atoms with Gasteiger partial charge in [0.25, 0.3) is 0 Å². The number of halogens is 5. The van der Waals surface area contributed by atoms with Crippen LogP contribution in [0.1, 0.15) is 23.6 Å². The van der Waals surface area contributed by atoms with Gasteiger partial charge < -0.3 is 9.47 Å². The summed E-state index contributed by atoms with van der Waals surface area (Å²) < 4.78 is 46.6. The number of hydrogen-bond acceptors (Lipinski definition) is 2. The van der Waals surface area contributed by atoms with E-state index in [2.05, 4.69) is 51.9 Å². The summed E-state index contributed by atoms with van der Waals surface area (Å²) in [5.74, 6) is 0.468. The standard InChI is InChI=1S/C19H19BrClF3O2/c1-2-13-3-5-14(6-4-13)9-15-10-16(20)18(11-17(15)21)26-8-7-25-12-19(22,23)24/h3-6,10-11H,2,7-9,12H2,1H3. The average molecular weight is 452 g/mol. The fraction of sp³-hybridized carbons (Fsp3) is 0.368. The molecule has 0 fully saturated rings. The van der Waals surface area contributed by atoms with Crippen molar-refractivity contribution in [1.82, 2.24) is 0 Å². The van der Waals surface area contributed by atoms with Crippen molar-refractivity contribution in [2.75, 3.05) is 19.8 Å². The first-order valence-corrected chi connectivity index (χ1v) is 9.28. The minimum atomic E-state index is -4.33. The zero-order chi connectivity index (χ0) is 19.2. The lowest BCUT2D eigenvalue weighted by atomic mass is 10.0. The Hall–Kier alpha value is -1.24. The van der Waals surface area contributed by atoms with E-state index in [1.165, 1.54) is 5.56 Å². The van der Waals surface area contributed by atoms with Gasteiger partial charge in [-0.25, -0.2) is 0 Å². The maximum absolute atomic E-state index is 12.0. The quantitative estimate of drug-likeness (QED) is 0.444. The van der Waals surface area contributed by atoms with Crippen LogP contribution >= 0.6 is 27.5 Å². The largest absolute Gasteiger partial charge is 0.490 e. The van der Waals surface area contributed by atoms with Crippen molar-refractivity contribution in [3.05, 3.63) is 62.6 Å². The lowest BCUT2D eigenvalue weighted by Crippen LogP contribution is -2.19. The summed E-state index contributed by atoms with van der Waals surface area (Å²) in [6, 6.07) is 11.9. The van der Waals surface area contributed by atoms with Crippen molar-refractivity contribution in [3.63, 3.8) is 0 Å². The molecule has 0 saturated carbocycles. The van der Waals surface area contributed by atoms with Crippen molar-refractivity contribution in [3.8, 4) is 5.75 Å². The van der Waals surface area contributed by atoms with Crippen LogP contribution in [-0.4, -0.2) is 26.0 Å². The van der Waals surface area contributed by atoms with E-state index in [1.807, 2.05) is 6.07 Å². The molecule has 0 atom stereocenters. The van der Waals surface area contributed by atoms with Gasteiger partial charge in [0.1, 0.15) is 19.0 Å². The number of aryl methyl sites for hydroxylation is 1. The van der Waals surface area contributed by atoms with Gasteiger partial charge in [-0.15, -0.1) is 0 Å². The van der Waals surface area contributed by atoms with Gasteiger partial charge in [-0.1, -0.05) is 42.8 Å². The molecule has 0 aliphatic heterocycles. The Labute approximate surface area is 164 Å². The van der Waals surface area contributed by atoms with Crippen molar-refractivity contribution in [2.24, 2.45) is 0 Å². The monoisotopic (exact) mass is 450 g/mol. The molecule has 0 spiro atoms. The molecule has 2 aromatic rings. The van der Waals surface area contributed by atoms with Crippen LogP contribution in [0.2, 0.25) is 5.02 Å². The predicted molar refractivity (Wildman–Crippen MR) is 100 cm³/mol. The summed E-state index contributed by atoms with van der Waals surface area (Å²) in [6.07, 6.45) is -2.66. The Morgan fingerprint density at radius 1 is 1.04 bits per heavy atom. The first-order chi connectivity index (χ1) is 12.3. The van der Waals surface area contributed by atoms with Crippen LogP contribution in [0.25, 0.3) is 0 Å². The Morgan fingerprint density at radius 3 is 2.31 bits per heavy atom. The van der Waals surface area contributed by atoms with E-state index in [9.17, 15) is 13.2 Å². The van der Waals surface area contributed by atoms with Gasteiger partial charge >= 0.3 is 6.18 Å². The highest BCUT2D eigenvalue weighted by molar-refractivity contribution is 9.10. The van der Waals surface area contributed by atoms with Crippen LogP contribution in [0.4, 0.5) is 13.2 Å². The predicted octanol–water partition coefficient (Wildman–Crippen LogP) is 6.21. The van der Waals surface area contributed by atoms with Crippen LogP contribution in [0.5, 0.6) is 5.75 Å². The maximum atomic E-state index is 12.0. The van der Waals surface area contributed by atoms with E-state index in [-0.39, 0.29) is 13.2 Å². The summed E-state index contributed by atoms with van der Waals surface area (Å²) >= 11 is 9.74. The molecule has 0 aliphatic carbocycles. The molecule has 2 nitrogen and oxygen atoms in total. The second kappa shape index (κ2) is 9.62. The van der Waals surface area contributed by atoms with Gasteiger partial charge in [-0.3, -0.25) is 0 Å². The fourth-order valence-electron chi connectivity index (χ4n) is 2.33. The van der Waals surface area contributed by atoms with E-state index >= 15 is 0 Å². The lowest BCUT2D eigenvalue weighted by molar-refractivity contribution is -0.175. The van der Waals surface area contributed by atoms with E-state index < -0.39 is 12.8 Å². The highest BCUT2D eigenvalue weighted by atomic mass is 79.9. The van der Waals surface area contributed by atoms with Gasteiger partial charge in [0.05, 0.1) is 11.1 Å². The first kappa shape index (κ1) is 21.1. The molecule has 2 rings (SSSR count). The smallest absolute Gasteiger partial charge is 0.411 e. The third-order valence-electron chi connectivity index (χ3n) is 3.68. The van der Waals surface area contributed by atoms with Gasteiger partial charge in [0.2, 0.25) is 0 Å². The maximum Gasteiger partial charge on any atom is 0.411 e. The first-order valence-electron chi connectivity index (χ1n) is 8.11. The molecule has 0 radical (unpaired) electrons. The highest BCUT2D eigenvalue weighted by Crippen LogP contribution is 2.32. The number of alkyl halides is 3. The normalized spacial score (nSPS) is 11.6. The number of hydrogen-bond donors (Lipinski definition) is 0. The van der Waals surface area contributed by atoms with Crippen molar-refractivity contribution < 1.29 is 22.6 Å². The number of ether oxygens (including phenoxy) is 2. The molecule has 0 aromatic heterocycles. The van der Waals surface area contributed by atoms with E-state index in [0.717, 1.165) is 17.5 Å². The molecule has 7 heteroatoms. The third kappa shape index (κ3) is 6.82. The zero-order valence-corrected chi connectivity index (χ0v) is 16.5. The Balaban J connectivity index is 1.94. The molecule has 0 saturated heterocycles. The van der Waals surface area contributed by atoms with Crippen LogP contribution in [0.3, 0.4) is 0 Å². The molecular weight excluding hydrogens is 433 g/mol. The van der Waals surface area contributed by atoms with Crippen molar-refractivity contribution in [1.29, 1.82) is 0 Å². The summed E-state index contributed by atoms with van der Waals surface area (Å²) in [7, 11) is 0. The molecule has 0 N–H and O–H groups in total.